The Labute approximate surface area is 173 Å². The van der Waals surface area contributed by atoms with Gasteiger partial charge in [-0.3, -0.25) is 10.1 Å². The molecule has 5 rings (SSSR count). The van der Waals surface area contributed by atoms with Gasteiger partial charge in [0.2, 0.25) is 10.0 Å². The molecule has 0 aromatic carbocycles. The third-order valence-electron chi connectivity index (χ3n) is 7.29. The maximum absolute atomic E-state index is 14.1. The van der Waals surface area contributed by atoms with Crippen molar-refractivity contribution in [2.45, 2.75) is 88.0 Å². The summed E-state index contributed by atoms with van der Waals surface area (Å²) in [4.78, 5) is 4.34. The largest absolute Gasteiger partial charge is 0.282 e. The van der Waals surface area contributed by atoms with Crippen LogP contribution in [0.3, 0.4) is 0 Å². The van der Waals surface area contributed by atoms with Gasteiger partial charge in [-0.25, -0.2) is 8.42 Å². The van der Waals surface area contributed by atoms with Crippen molar-refractivity contribution < 1.29 is 8.42 Å². The first-order valence-corrected chi connectivity index (χ1v) is 12.4. The van der Waals surface area contributed by atoms with Crippen molar-refractivity contribution in [2.24, 2.45) is 0 Å². The molecule has 7 heteroatoms. The predicted octanol–water partition coefficient (Wildman–Crippen LogP) is 4.37. The third-order valence-corrected chi connectivity index (χ3v) is 9.62. The maximum atomic E-state index is 14.1. The van der Waals surface area contributed by atoms with Crippen LogP contribution in [0, 0.1) is 0 Å². The number of fused-ring (bicyclic) bond motifs is 7. The fourth-order valence-electron chi connectivity index (χ4n) is 5.84. The van der Waals surface area contributed by atoms with Crippen LogP contribution in [0.2, 0.25) is 0 Å². The molecule has 29 heavy (non-hydrogen) atoms. The van der Waals surface area contributed by atoms with E-state index in [1.54, 1.807) is 6.20 Å². The van der Waals surface area contributed by atoms with Gasteiger partial charge in [0.05, 0.1) is 23.5 Å². The van der Waals surface area contributed by atoms with Gasteiger partial charge in [-0.05, 0) is 30.0 Å². The van der Waals surface area contributed by atoms with E-state index in [-0.39, 0.29) is 22.7 Å². The van der Waals surface area contributed by atoms with Crippen molar-refractivity contribution in [1.82, 2.24) is 19.5 Å². The van der Waals surface area contributed by atoms with Crippen LogP contribution in [0.15, 0.2) is 24.7 Å². The molecule has 2 aliphatic heterocycles. The third kappa shape index (κ3) is 2.81. The van der Waals surface area contributed by atoms with Gasteiger partial charge >= 0.3 is 0 Å². The second kappa shape index (κ2) is 6.91. The summed E-state index contributed by atoms with van der Waals surface area (Å²) < 4.78 is 30.1. The molecule has 1 aliphatic carbocycles. The van der Waals surface area contributed by atoms with Gasteiger partial charge in [0.25, 0.3) is 0 Å². The zero-order chi connectivity index (χ0) is 20.2. The molecule has 1 fully saturated rings. The lowest BCUT2D eigenvalue weighted by Crippen LogP contribution is -2.49. The van der Waals surface area contributed by atoms with Crippen LogP contribution in [-0.4, -0.2) is 33.2 Å². The van der Waals surface area contributed by atoms with Crippen molar-refractivity contribution in [3.63, 3.8) is 0 Å². The summed E-state index contributed by atoms with van der Waals surface area (Å²) >= 11 is 0. The number of H-pyrrole nitrogens is 1. The summed E-state index contributed by atoms with van der Waals surface area (Å²) in [7, 11) is -3.47. The lowest BCUT2D eigenvalue weighted by molar-refractivity contribution is 0.194. The summed E-state index contributed by atoms with van der Waals surface area (Å²) in [6.07, 6.45) is 13.7. The van der Waals surface area contributed by atoms with E-state index in [0.717, 1.165) is 60.9 Å². The Bertz CT molecular complexity index is 1000. The molecule has 1 N–H and O–H groups in total. The highest BCUT2D eigenvalue weighted by Crippen LogP contribution is 2.60. The lowest BCUT2D eigenvalue weighted by Gasteiger charge is -2.45. The van der Waals surface area contributed by atoms with Crippen molar-refractivity contribution in [1.29, 1.82) is 0 Å². The summed E-state index contributed by atoms with van der Waals surface area (Å²) in [6.45, 7) is 4.26. The van der Waals surface area contributed by atoms with E-state index in [4.69, 9.17) is 0 Å². The molecule has 0 amide bonds. The maximum Gasteiger partial charge on any atom is 0.218 e. The predicted molar refractivity (Wildman–Crippen MR) is 112 cm³/mol. The average molecular weight is 415 g/mol. The average Bonchev–Trinajstić information content (AvgIpc) is 3.32. The van der Waals surface area contributed by atoms with Crippen molar-refractivity contribution >= 4 is 10.0 Å². The van der Waals surface area contributed by atoms with E-state index in [1.165, 1.54) is 12.8 Å². The summed E-state index contributed by atoms with van der Waals surface area (Å²) in [5.74, 6) is 0. The molecule has 0 saturated heterocycles. The number of pyridine rings is 1. The van der Waals surface area contributed by atoms with Gasteiger partial charge in [0.1, 0.15) is 0 Å². The second-order valence-electron chi connectivity index (χ2n) is 9.43. The molecule has 4 heterocycles. The topological polar surface area (TPSA) is 79.0 Å². The van der Waals surface area contributed by atoms with Crippen LogP contribution in [-0.2, 0) is 15.4 Å². The molecular formula is C22H30N4O2S. The quantitative estimate of drug-likeness (QED) is 0.791. The Balaban J connectivity index is 1.64. The number of rotatable bonds is 2. The van der Waals surface area contributed by atoms with Crippen LogP contribution in [0.4, 0.5) is 0 Å². The first-order valence-electron chi connectivity index (χ1n) is 10.9. The molecule has 0 radical (unpaired) electrons. The Morgan fingerprint density at radius 3 is 2.41 bits per heavy atom. The highest BCUT2D eigenvalue weighted by atomic mass is 32.2. The van der Waals surface area contributed by atoms with Crippen molar-refractivity contribution in [2.75, 3.05) is 0 Å². The smallest absolute Gasteiger partial charge is 0.218 e. The first kappa shape index (κ1) is 19.2. The zero-order valence-electron chi connectivity index (χ0n) is 17.3. The standard InChI is InChI=1S/C22H30N4O2S/c1-22(2)20-18(14-24-25-20)19-17-13-23-12-11-16(17)21(22)26(19)29(27,28)15-9-7-5-3-4-6-8-10-15/h11-15,19,21H,3-10H2,1-2H3,(H,24,25). The Morgan fingerprint density at radius 1 is 1.00 bits per heavy atom. The van der Waals surface area contributed by atoms with E-state index < -0.39 is 10.0 Å². The number of aromatic nitrogens is 3. The molecule has 1 saturated carbocycles. The van der Waals surface area contributed by atoms with Crippen LogP contribution in [0.1, 0.15) is 99.7 Å². The summed E-state index contributed by atoms with van der Waals surface area (Å²) in [5, 5.41) is 7.17. The molecule has 156 valence electrons. The van der Waals surface area contributed by atoms with Crippen LogP contribution >= 0.6 is 0 Å². The molecule has 3 aliphatic rings. The fraction of sp³-hybridized carbons (Fsp3) is 0.636. The second-order valence-corrected chi connectivity index (χ2v) is 11.5. The minimum atomic E-state index is -3.47. The molecule has 2 aromatic rings. The Morgan fingerprint density at radius 2 is 1.69 bits per heavy atom. The SMILES string of the molecule is CC1(C)c2[nH]ncc2C2c3cnccc3C1N2S(=O)(=O)C1CCCCCCCC1. The molecule has 0 spiro atoms. The van der Waals surface area contributed by atoms with Crippen molar-refractivity contribution in [3.05, 3.63) is 47.0 Å². The van der Waals surface area contributed by atoms with E-state index in [0.29, 0.717) is 0 Å². The Hall–Kier alpha value is -1.73. The van der Waals surface area contributed by atoms with Gasteiger partial charge in [0.15, 0.2) is 0 Å². The van der Waals surface area contributed by atoms with Crippen LogP contribution in [0.5, 0.6) is 0 Å². The van der Waals surface area contributed by atoms with E-state index in [9.17, 15) is 8.42 Å². The number of hydrogen-bond acceptors (Lipinski definition) is 4. The van der Waals surface area contributed by atoms with Crippen LogP contribution in [0.25, 0.3) is 0 Å². The number of aromatic amines is 1. The van der Waals surface area contributed by atoms with Crippen molar-refractivity contribution in [3.8, 4) is 0 Å². The van der Waals surface area contributed by atoms with E-state index >= 15 is 0 Å². The monoisotopic (exact) mass is 414 g/mol. The zero-order valence-corrected chi connectivity index (χ0v) is 18.1. The highest BCUT2D eigenvalue weighted by Gasteiger charge is 2.58. The summed E-state index contributed by atoms with van der Waals surface area (Å²) in [6, 6.07) is 1.46. The van der Waals surface area contributed by atoms with E-state index in [1.807, 2.05) is 22.8 Å². The number of nitrogens with one attached hydrogen (secondary N) is 1. The van der Waals surface area contributed by atoms with Gasteiger partial charge in [0, 0.05) is 29.1 Å². The minimum absolute atomic E-state index is 0.226. The highest BCUT2D eigenvalue weighted by molar-refractivity contribution is 7.89. The van der Waals surface area contributed by atoms with Gasteiger partial charge < -0.3 is 0 Å². The van der Waals surface area contributed by atoms with Crippen LogP contribution < -0.4 is 0 Å². The number of nitrogens with zero attached hydrogens (tertiary/aromatic N) is 3. The van der Waals surface area contributed by atoms with Gasteiger partial charge in [-0.1, -0.05) is 52.4 Å². The molecule has 2 atom stereocenters. The molecule has 6 nitrogen and oxygen atoms in total. The Kier molecular flexibility index (Phi) is 4.59. The van der Waals surface area contributed by atoms with Gasteiger partial charge in [-0.15, -0.1) is 0 Å². The first-order chi connectivity index (χ1) is 13.9. The number of sulfonamides is 1. The molecule has 2 aromatic heterocycles. The minimum Gasteiger partial charge on any atom is -0.282 e. The molecular weight excluding hydrogens is 384 g/mol. The van der Waals surface area contributed by atoms with Gasteiger partial charge in [-0.2, -0.15) is 9.40 Å². The van der Waals surface area contributed by atoms with E-state index in [2.05, 4.69) is 29.0 Å². The summed E-state index contributed by atoms with van der Waals surface area (Å²) in [5.41, 5.74) is 3.73. The molecule has 2 bridgehead atoms. The number of hydrogen-bond donors (Lipinski definition) is 1. The fourth-order valence-corrected chi connectivity index (χ4v) is 8.31. The normalized spacial score (nSPS) is 27.5. The molecule has 2 unspecified atom stereocenters. The lowest BCUT2D eigenvalue weighted by atomic mass is 9.76.